The summed E-state index contributed by atoms with van der Waals surface area (Å²) in [7, 11) is 3.57. The molecule has 238 valence electrons. The first-order chi connectivity index (χ1) is 20.6. The molecule has 2 atom stereocenters. The van der Waals surface area contributed by atoms with Gasteiger partial charge in [0.1, 0.15) is 11.7 Å². The van der Waals surface area contributed by atoms with Gasteiger partial charge in [-0.05, 0) is 36.8 Å². The van der Waals surface area contributed by atoms with Crippen molar-refractivity contribution in [2.24, 2.45) is 5.92 Å². The Balaban J connectivity index is 0.00000675. The van der Waals surface area contributed by atoms with Crippen molar-refractivity contribution in [1.82, 2.24) is 20.3 Å². The number of aromatic amines is 2. The molecule has 14 heteroatoms. The number of nitrogens with two attached hydrogens (primary N) is 1. The number of nitrogen functional groups attached to an aromatic ring is 1. The van der Waals surface area contributed by atoms with Crippen molar-refractivity contribution in [2.75, 3.05) is 27.1 Å². The van der Waals surface area contributed by atoms with Crippen LogP contribution in [0.3, 0.4) is 0 Å². The number of anilines is 1. The average Bonchev–Trinajstić information content (AvgIpc) is 3.42. The van der Waals surface area contributed by atoms with Crippen LogP contribution in [0.25, 0.3) is 11.0 Å². The molecule has 0 spiro atoms. The molecule has 3 rings (SSSR count). The van der Waals surface area contributed by atoms with Crippen LogP contribution in [0.2, 0.25) is 0 Å². The van der Waals surface area contributed by atoms with E-state index in [9.17, 15) is 28.8 Å². The monoisotopic (exact) mass is 613 g/mol. The Hall–Kier alpha value is -5.01. The summed E-state index contributed by atoms with van der Waals surface area (Å²) < 4.78 is 14.0. The number of H-pyrrole nitrogens is 2. The number of ketones is 1. The summed E-state index contributed by atoms with van der Waals surface area (Å²) in [6.07, 6.45) is 2.26. The van der Waals surface area contributed by atoms with E-state index in [0.29, 0.717) is 29.4 Å². The number of ether oxygens (including phenoxy) is 3. The fraction of sp³-hybridized carbons (Fsp3) is 0.433. The Kier molecular flexibility index (Phi) is 13.3. The van der Waals surface area contributed by atoms with Crippen LogP contribution in [0.5, 0.6) is 0 Å². The zero-order chi connectivity index (χ0) is 31.5. The van der Waals surface area contributed by atoms with Crippen LogP contribution in [0.1, 0.15) is 61.0 Å². The molecule has 0 aliphatic carbocycles. The molecule has 5 N–H and O–H groups in total. The van der Waals surface area contributed by atoms with Crippen molar-refractivity contribution in [1.29, 1.82) is 0 Å². The standard InChI is InChI=1S/C29H35N5O9.CH4/c1-41-22(36)12-10-18(26(38)32-20(28(40)43-3)11-13-23(37)42-2)14-21(35)17-7-4-16(5-8-17)6-9-19-15-31-25-24(19)27(39)34-29(30)33-25;/h4-5,7-8,15,18,20H,6,9-14H2,1-3H3,(H,32,38)(H4,30,31,33,34,39);1H4/t18-,20+;/m1./s1. The van der Waals surface area contributed by atoms with Gasteiger partial charge in [-0.3, -0.25) is 29.0 Å². The van der Waals surface area contributed by atoms with Crippen LogP contribution in [0.15, 0.2) is 35.3 Å². The molecular weight excluding hydrogens is 574 g/mol. The van der Waals surface area contributed by atoms with Crippen LogP contribution < -0.4 is 16.6 Å². The first kappa shape index (κ1) is 35.2. The van der Waals surface area contributed by atoms with Crippen molar-refractivity contribution >= 4 is 46.6 Å². The van der Waals surface area contributed by atoms with Gasteiger partial charge in [0.15, 0.2) is 5.78 Å². The average molecular weight is 614 g/mol. The van der Waals surface area contributed by atoms with Crippen molar-refractivity contribution in [3.8, 4) is 0 Å². The molecule has 0 aliphatic heterocycles. The quantitative estimate of drug-likeness (QED) is 0.111. The van der Waals surface area contributed by atoms with E-state index >= 15 is 0 Å². The number of aryl methyl sites for hydroxylation is 2. The summed E-state index contributed by atoms with van der Waals surface area (Å²) in [6.45, 7) is 0. The van der Waals surface area contributed by atoms with Gasteiger partial charge in [0.25, 0.3) is 5.56 Å². The minimum atomic E-state index is -1.15. The number of hydrogen-bond donors (Lipinski definition) is 4. The molecule has 0 unspecified atom stereocenters. The first-order valence-corrected chi connectivity index (χ1v) is 13.6. The van der Waals surface area contributed by atoms with Crippen LogP contribution in [0, 0.1) is 5.92 Å². The van der Waals surface area contributed by atoms with Gasteiger partial charge in [-0.25, -0.2) is 4.79 Å². The summed E-state index contributed by atoms with van der Waals surface area (Å²) in [5.41, 5.74) is 7.73. The second-order valence-electron chi connectivity index (χ2n) is 9.82. The molecule has 44 heavy (non-hydrogen) atoms. The molecule has 0 saturated heterocycles. The topological polar surface area (TPSA) is 213 Å². The summed E-state index contributed by atoms with van der Waals surface area (Å²) in [6, 6.07) is 5.71. The van der Waals surface area contributed by atoms with E-state index in [4.69, 9.17) is 10.5 Å². The van der Waals surface area contributed by atoms with E-state index in [1.165, 1.54) is 14.2 Å². The largest absolute Gasteiger partial charge is 0.469 e. The maximum absolute atomic E-state index is 13.2. The van der Waals surface area contributed by atoms with E-state index < -0.39 is 35.8 Å². The third kappa shape index (κ3) is 9.51. The number of amides is 1. The van der Waals surface area contributed by atoms with Crippen molar-refractivity contribution in [2.45, 2.75) is 58.4 Å². The minimum absolute atomic E-state index is 0. The summed E-state index contributed by atoms with van der Waals surface area (Å²) >= 11 is 0. The fourth-order valence-corrected chi connectivity index (χ4v) is 4.56. The number of benzene rings is 1. The highest BCUT2D eigenvalue weighted by Gasteiger charge is 2.29. The van der Waals surface area contributed by atoms with Gasteiger partial charge in [-0.2, -0.15) is 4.98 Å². The van der Waals surface area contributed by atoms with E-state index in [1.807, 2.05) is 0 Å². The first-order valence-electron chi connectivity index (χ1n) is 13.6. The predicted octanol–water partition coefficient (Wildman–Crippen LogP) is 2.01. The second-order valence-corrected chi connectivity index (χ2v) is 9.82. The van der Waals surface area contributed by atoms with Crippen molar-refractivity contribution in [3.05, 3.63) is 57.5 Å². The highest BCUT2D eigenvalue weighted by molar-refractivity contribution is 5.99. The fourth-order valence-electron chi connectivity index (χ4n) is 4.56. The lowest BCUT2D eigenvalue weighted by Gasteiger charge is -2.21. The van der Waals surface area contributed by atoms with Crippen LogP contribution in [-0.4, -0.2) is 71.9 Å². The Labute approximate surface area is 254 Å². The molecule has 0 radical (unpaired) electrons. The van der Waals surface area contributed by atoms with E-state index in [2.05, 4.69) is 29.7 Å². The molecule has 2 aromatic heterocycles. The van der Waals surface area contributed by atoms with Gasteiger partial charge >= 0.3 is 17.9 Å². The summed E-state index contributed by atoms with van der Waals surface area (Å²) in [4.78, 5) is 83.7. The van der Waals surface area contributed by atoms with Gasteiger partial charge in [-0.1, -0.05) is 31.7 Å². The second kappa shape index (κ2) is 16.6. The van der Waals surface area contributed by atoms with E-state index in [1.54, 1.807) is 30.5 Å². The van der Waals surface area contributed by atoms with E-state index in [-0.39, 0.29) is 56.8 Å². The predicted molar refractivity (Wildman–Crippen MR) is 161 cm³/mol. The van der Waals surface area contributed by atoms with Crippen molar-refractivity contribution < 1.29 is 38.2 Å². The number of hydrogen-bond acceptors (Lipinski definition) is 11. The zero-order valence-corrected chi connectivity index (χ0v) is 24.2. The number of carbonyl (C=O) groups excluding carboxylic acids is 5. The highest BCUT2D eigenvalue weighted by Crippen LogP contribution is 2.20. The number of nitrogens with zero attached hydrogens (tertiary/aromatic N) is 1. The summed E-state index contributed by atoms with van der Waals surface area (Å²) in [5, 5.41) is 2.98. The van der Waals surface area contributed by atoms with Gasteiger partial charge in [0, 0.05) is 36.9 Å². The molecule has 0 aliphatic rings. The number of carbonyl (C=O) groups is 5. The van der Waals surface area contributed by atoms with Crippen LogP contribution in [0.4, 0.5) is 5.95 Å². The van der Waals surface area contributed by atoms with Gasteiger partial charge in [0.2, 0.25) is 11.9 Å². The highest BCUT2D eigenvalue weighted by atomic mass is 16.5. The third-order valence-electron chi connectivity index (χ3n) is 7.00. The maximum atomic E-state index is 13.2. The molecular formula is C30H39N5O9. The molecule has 0 saturated carbocycles. The van der Waals surface area contributed by atoms with Crippen molar-refractivity contribution in [3.63, 3.8) is 0 Å². The van der Waals surface area contributed by atoms with Gasteiger partial charge in [-0.15, -0.1) is 0 Å². The Morgan fingerprint density at radius 1 is 0.932 bits per heavy atom. The zero-order valence-electron chi connectivity index (χ0n) is 24.2. The van der Waals surface area contributed by atoms with E-state index in [0.717, 1.165) is 18.2 Å². The van der Waals surface area contributed by atoms with Crippen LogP contribution in [-0.2, 0) is 46.2 Å². The summed E-state index contributed by atoms with van der Waals surface area (Å²) in [5.74, 6) is -3.80. The third-order valence-corrected chi connectivity index (χ3v) is 7.00. The minimum Gasteiger partial charge on any atom is -0.469 e. The molecule has 0 bridgehead atoms. The molecule has 1 amide bonds. The number of aromatic nitrogens is 3. The normalized spacial score (nSPS) is 12.0. The SMILES string of the molecule is C.COC(=O)CC[C@H](CC(=O)c1ccc(CCc2c[nH]c3nc(N)[nH]c(=O)c23)cc1)C(=O)N[C@@H](CCC(=O)OC)C(=O)OC. The molecule has 14 nitrogen and oxygen atoms in total. The number of Topliss-reactive ketones (excluding diaryl/α,β-unsaturated/α-hetero) is 1. The lowest BCUT2D eigenvalue weighted by atomic mass is 9.92. The maximum Gasteiger partial charge on any atom is 0.328 e. The lowest BCUT2D eigenvalue weighted by Crippen LogP contribution is -2.45. The Morgan fingerprint density at radius 3 is 2.18 bits per heavy atom. The Morgan fingerprint density at radius 2 is 1.57 bits per heavy atom. The molecule has 3 aromatic rings. The van der Waals surface area contributed by atoms with Crippen LogP contribution >= 0.6 is 0 Å². The number of fused-ring (bicyclic) bond motifs is 1. The number of esters is 3. The van der Waals surface area contributed by atoms with Gasteiger partial charge < -0.3 is 30.2 Å². The van der Waals surface area contributed by atoms with Gasteiger partial charge in [0.05, 0.1) is 26.7 Å². The number of rotatable bonds is 15. The Bertz CT molecular complexity index is 1530. The molecule has 2 heterocycles. The lowest BCUT2D eigenvalue weighted by molar-refractivity contribution is -0.147. The number of nitrogens with one attached hydrogen (secondary N) is 3. The molecule has 1 aromatic carbocycles. The number of methoxy groups -OCH3 is 3. The smallest absolute Gasteiger partial charge is 0.328 e. The molecule has 0 fully saturated rings.